The maximum absolute atomic E-state index is 12.3. The average Bonchev–Trinajstić information content (AvgIpc) is 3.17. The molecule has 0 saturated carbocycles. The SMILES string of the molecule is O=C(CN1C(=O)S/C(=C\c2cccs2)C1=O)NCc1cccc(Cl)c1. The van der Waals surface area contributed by atoms with E-state index in [0.29, 0.717) is 9.93 Å². The molecule has 1 aliphatic rings. The van der Waals surface area contributed by atoms with Crippen LogP contribution in [0.1, 0.15) is 10.4 Å². The van der Waals surface area contributed by atoms with Crippen LogP contribution in [0.25, 0.3) is 6.08 Å². The van der Waals surface area contributed by atoms with E-state index in [1.807, 2.05) is 23.6 Å². The van der Waals surface area contributed by atoms with Crippen molar-refractivity contribution in [3.05, 3.63) is 62.1 Å². The summed E-state index contributed by atoms with van der Waals surface area (Å²) in [5.74, 6) is -0.846. The number of rotatable bonds is 5. The van der Waals surface area contributed by atoms with Gasteiger partial charge in [0.2, 0.25) is 5.91 Å². The number of carbonyl (C=O) groups is 3. The van der Waals surface area contributed by atoms with Gasteiger partial charge in [0.25, 0.3) is 11.1 Å². The molecule has 5 nitrogen and oxygen atoms in total. The molecule has 1 aromatic carbocycles. The molecule has 2 heterocycles. The Morgan fingerprint density at radius 2 is 2.08 bits per heavy atom. The number of imide groups is 1. The number of benzene rings is 1. The molecular weight excluding hydrogens is 380 g/mol. The molecule has 2 aromatic rings. The molecule has 1 saturated heterocycles. The summed E-state index contributed by atoms with van der Waals surface area (Å²) in [6, 6.07) is 10.8. The molecule has 0 radical (unpaired) electrons. The Hall–Kier alpha value is -2.09. The summed E-state index contributed by atoms with van der Waals surface area (Å²) >= 11 is 8.21. The summed E-state index contributed by atoms with van der Waals surface area (Å²) in [6.45, 7) is -0.0202. The van der Waals surface area contributed by atoms with Crippen LogP contribution in [0.5, 0.6) is 0 Å². The van der Waals surface area contributed by atoms with Gasteiger partial charge >= 0.3 is 0 Å². The highest BCUT2D eigenvalue weighted by Gasteiger charge is 2.36. The summed E-state index contributed by atoms with van der Waals surface area (Å²) in [7, 11) is 0. The van der Waals surface area contributed by atoms with Crippen LogP contribution in [-0.2, 0) is 16.1 Å². The van der Waals surface area contributed by atoms with E-state index in [2.05, 4.69) is 5.32 Å². The zero-order chi connectivity index (χ0) is 17.8. The number of thioether (sulfide) groups is 1. The van der Waals surface area contributed by atoms with Crippen LogP contribution in [-0.4, -0.2) is 28.5 Å². The van der Waals surface area contributed by atoms with Crippen molar-refractivity contribution in [1.29, 1.82) is 0 Å². The number of hydrogen-bond acceptors (Lipinski definition) is 5. The Morgan fingerprint density at radius 3 is 2.80 bits per heavy atom. The number of nitrogens with one attached hydrogen (secondary N) is 1. The fourth-order valence-corrected chi connectivity index (χ4v) is 3.96. The Balaban J connectivity index is 1.59. The van der Waals surface area contributed by atoms with Gasteiger partial charge in [0.05, 0.1) is 4.91 Å². The Kier molecular flexibility index (Phi) is 5.57. The first-order chi connectivity index (χ1) is 12.0. The fraction of sp³-hybridized carbons (Fsp3) is 0.118. The second-order valence-electron chi connectivity index (χ2n) is 5.19. The van der Waals surface area contributed by atoms with Crippen molar-refractivity contribution in [2.75, 3.05) is 6.54 Å². The molecule has 0 bridgehead atoms. The van der Waals surface area contributed by atoms with E-state index >= 15 is 0 Å². The molecular formula is C17H13ClN2O3S2. The first kappa shape index (κ1) is 17.7. The lowest BCUT2D eigenvalue weighted by molar-refractivity contribution is -0.129. The summed E-state index contributed by atoms with van der Waals surface area (Å²) in [5, 5.41) is 4.71. The minimum atomic E-state index is -0.443. The molecule has 3 rings (SSSR count). The van der Waals surface area contributed by atoms with Crippen LogP contribution in [0, 0.1) is 0 Å². The molecule has 0 spiro atoms. The normalized spacial score (nSPS) is 15.9. The molecule has 1 aromatic heterocycles. The highest BCUT2D eigenvalue weighted by molar-refractivity contribution is 8.18. The van der Waals surface area contributed by atoms with Crippen molar-refractivity contribution in [3.63, 3.8) is 0 Å². The van der Waals surface area contributed by atoms with Gasteiger partial charge in [0.1, 0.15) is 6.54 Å². The first-order valence-corrected chi connectivity index (χ1v) is 9.40. The molecule has 1 fully saturated rings. The van der Waals surface area contributed by atoms with Crippen molar-refractivity contribution >= 4 is 57.8 Å². The number of nitrogens with zero attached hydrogens (tertiary/aromatic N) is 1. The average molecular weight is 393 g/mol. The van der Waals surface area contributed by atoms with Gasteiger partial charge in [-0.2, -0.15) is 0 Å². The van der Waals surface area contributed by atoms with Gasteiger partial charge in [-0.05, 0) is 47.0 Å². The number of amides is 3. The van der Waals surface area contributed by atoms with Crippen molar-refractivity contribution in [1.82, 2.24) is 10.2 Å². The predicted molar refractivity (Wildman–Crippen MR) is 100 cm³/mol. The smallest absolute Gasteiger partial charge is 0.294 e. The second kappa shape index (κ2) is 7.86. The molecule has 128 valence electrons. The zero-order valence-corrected chi connectivity index (χ0v) is 15.3. The van der Waals surface area contributed by atoms with Crippen LogP contribution in [0.15, 0.2) is 46.7 Å². The molecule has 1 aliphatic heterocycles. The monoisotopic (exact) mass is 392 g/mol. The molecule has 0 aliphatic carbocycles. The first-order valence-electron chi connectivity index (χ1n) is 7.33. The van der Waals surface area contributed by atoms with Crippen LogP contribution < -0.4 is 5.32 Å². The van der Waals surface area contributed by atoms with Crippen molar-refractivity contribution < 1.29 is 14.4 Å². The maximum Gasteiger partial charge on any atom is 0.294 e. The van der Waals surface area contributed by atoms with Crippen LogP contribution in [0.3, 0.4) is 0 Å². The zero-order valence-electron chi connectivity index (χ0n) is 12.9. The summed E-state index contributed by atoms with van der Waals surface area (Å²) < 4.78 is 0. The summed E-state index contributed by atoms with van der Waals surface area (Å²) in [5.41, 5.74) is 0.840. The highest BCUT2D eigenvalue weighted by atomic mass is 35.5. The van der Waals surface area contributed by atoms with Gasteiger partial charge in [0, 0.05) is 16.4 Å². The molecule has 3 amide bonds. The van der Waals surface area contributed by atoms with Crippen molar-refractivity contribution in [3.8, 4) is 0 Å². The Bertz CT molecular complexity index is 849. The lowest BCUT2D eigenvalue weighted by atomic mass is 10.2. The fourth-order valence-electron chi connectivity index (χ4n) is 2.19. The Morgan fingerprint density at radius 1 is 1.24 bits per heavy atom. The number of hydrogen-bond donors (Lipinski definition) is 1. The Labute approximate surface area is 157 Å². The van der Waals surface area contributed by atoms with E-state index in [4.69, 9.17) is 11.6 Å². The van der Waals surface area contributed by atoms with Crippen molar-refractivity contribution in [2.45, 2.75) is 6.54 Å². The van der Waals surface area contributed by atoms with Crippen LogP contribution in [0.4, 0.5) is 4.79 Å². The quantitative estimate of drug-likeness (QED) is 0.787. The van der Waals surface area contributed by atoms with Gasteiger partial charge in [-0.3, -0.25) is 19.3 Å². The van der Waals surface area contributed by atoms with E-state index < -0.39 is 17.1 Å². The summed E-state index contributed by atoms with van der Waals surface area (Å²) in [6.07, 6.45) is 1.67. The molecule has 25 heavy (non-hydrogen) atoms. The van der Waals surface area contributed by atoms with E-state index in [1.54, 1.807) is 24.3 Å². The van der Waals surface area contributed by atoms with Gasteiger partial charge in [-0.1, -0.05) is 29.8 Å². The van der Waals surface area contributed by atoms with Crippen LogP contribution >= 0.6 is 34.7 Å². The number of carbonyl (C=O) groups excluding carboxylic acids is 3. The molecule has 0 atom stereocenters. The van der Waals surface area contributed by atoms with Crippen LogP contribution in [0.2, 0.25) is 5.02 Å². The lowest BCUT2D eigenvalue weighted by Gasteiger charge is -2.12. The van der Waals surface area contributed by atoms with Gasteiger partial charge < -0.3 is 5.32 Å². The lowest BCUT2D eigenvalue weighted by Crippen LogP contribution is -2.39. The van der Waals surface area contributed by atoms with Gasteiger partial charge in [-0.25, -0.2) is 0 Å². The largest absolute Gasteiger partial charge is 0.350 e. The minimum absolute atomic E-state index is 0.278. The van der Waals surface area contributed by atoms with Gasteiger partial charge in [-0.15, -0.1) is 11.3 Å². The second-order valence-corrected chi connectivity index (χ2v) is 7.60. The predicted octanol–water partition coefficient (Wildman–Crippen LogP) is 3.75. The third kappa shape index (κ3) is 4.50. The maximum atomic E-state index is 12.3. The molecule has 8 heteroatoms. The van der Waals surface area contributed by atoms with E-state index in [0.717, 1.165) is 27.1 Å². The highest BCUT2D eigenvalue weighted by Crippen LogP contribution is 2.32. The molecule has 0 unspecified atom stereocenters. The number of halogens is 1. The van der Waals surface area contributed by atoms with E-state index in [9.17, 15) is 14.4 Å². The molecule has 1 N–H and O–H groups in total. The number of thiophene rings is 1. The van der Waals surface area contributed by atoms with Crippen molar-refractivity contribution in [2.24, 2.45) is 0 Å². The third-order valence-electron chi connectivity index (χ3n) is 3.37. The minimum Gasteiger partial charge on any atom is -0.350 e. The standard InChI is InChI=1S/C17H13ClN2O3S2/c18-12-4-1-3-11(7-12)9-19-15(21)10-20-16(22)14(25-17(20)23)8-13-5-2-6-24-13/h1-8H,9-10H2,(H,19,21)/b14-8-. The third-order valence-corrected chi connectivity index (χ3v) is 5.33. The van der Waals surface area contributed by atoms with E-state index in [-0.39, 0.29) is 13.1 Å². The topological polar surface area (TPSA) is 66.5 Å². The van der Waals surface area contributed by atoms with E-state index in [1.165, 1.54) is 11.3 Å². The summed E-state index contributed by atoms with van der Waals surface area (Å²) in [4.78, 5) is 38.6. The van der Waals surface area contributed by atoms with Gasteiger partial charge in [0.15, 0.2) is 0 Å².